The summed E-state index contributed by atoms with van der Waals surface area (Å²) in [4.78, 5) is 15.1. The molecule has 0 spiro atoms. The molecule has 0 bridgehead atoms. The first kappa shape index (κ1) is 20.1. The first-order valence-electron chi connectivity index (χ1n) is 10.1. The average Bonchev–Trinajstić information content (AvgIpc) is 3.30. The van der Waals surface area contributed by atoms with E-state index in [9.17, 15) is 9.18 Å². The van der Waals surface area contributed by atoms with E-state index < -0.39 is 0 Å². The van der Waals surface area contributed by atoms with Crippen LogP contribution in [0.15, 0.2) is 60.9 Å². The molecule has 2 aromatic carbocycles. The van der Waals surface area contributed by atoms with Gasteiger partial charge in [-0.2, -0.15) is 5.10 Å². The number of carbonyl (C=O) groups excluding carboxylic acids is 1. The highest BCUT2D eigenvalue weighted by atomic mass is 19.1. The Kier molecular flexibility index (Phi) is 6.09. The van der Waals surface area contributed by atoms with Crippen LogP contribution in [-0.2, 0) is 11.3 Å². The summed E-state index contributed by atoms with van der Waals surface area (Å²) in [5.74, 6) is -0.189. The van der Waals surface area contributed by atoms with Gasteiger partial charge in [-0.25, -0.2) is 9.07 Å². The fourth-order valence-corrected chi connectivity index (χ4v) is 3.86. The quantitative estimate of drug-likeness (QED) is 0.670. The smallest absolute Gasteiger partial charge is 0.241 e. The molecular weight excluding hydrogens is 383 g/mol. The first-order chi connectivity index (χ1) is 14.6. The molecule has 156 valence electrons. The molecule has 1 aliphatic rings. The van der Waals surface area contributed by atoms with Gasteiger partial charge in [0.2, 0.25) is 5.91 Å². The molecule has 7 heteroatoms. The number of rotatable bonds is 6. The normalized spacial score (nSPS) is 16.9. The fraction of sp³-hybridized carbons (Fsp3) is 0.304. The van der Waals surface area contributed by atoms with Crippen molar-refractivity contribution in [1.82, 2.24) is 14.7 Å². The molecule has 30 heavy (non-hydrogen) atoms. The number of likely N-dealkylation sites (tertiary alicyclic amines) is 1. The maximum Gasteiger partial charge on any atom is 0.241 e. The van der Waals surface area contributed by atoms with Gasteiger partial charge < -0.3 is 10.1 Å². The third-order valence-electron chi connectivity index (χ3n) is 5.42. The van der Waals surface area contributed by atoms with Gasteiger partial charge in [-0.15, -0.1) is 0 Å². The number of halogens is 1. The van der Waals surface area contributed by atoms with Crippen molar-refractivity contribution in [2.75, 3.05) is 19.0 Å². The molecule has 4 rings (SSSR count). The summed E-state index contributed by atoms with van der Waals surface area (Å²) in [6.07, 6.45) is 6.41. The van der Waals surface area contributed by atoms with Crippen LogP contribution in [0.3, 0.4) is 0 Å². The highest BCUT2D eigenvalue weighted by molar-refractivity contribution is 5.95. The van der Waals surface area contributed by atoms with E-state index in [0.29, 0.717) is 6.54 Å². The Bertz CT molecular complexity index is 989. The first-order valence-corrected chi connectivity index (χ1v) is 10.1. The van der Waals surface area contributed by atoms with Crippen LogP contribution >= 0.6 is 0 Å². The van der Waals surface area contributed by atoms with E-state index in [1.165, 1.54) is 13.2 Å². The number of nitrogens with zero attached hydrogens (tertiary/aromatic N) is 3. The van der Waals surface area contributed by atoms with Gasteiger partial charge in [0.05, 0.1) is 18.8 Å². The number of methoxy groups -OCH3 is 1. The SMILES string of the molecule is COc1ccc(CN2CCCC[C@H]2C(=O)Nc2ccc(-n3cccn3)cc2)cc1F. The van der Waals surface area contributed by atoms with Gasteiger partial charge in [-0.3, -0.25) is 9.69 Å². The third kappa shape index (κ3) is 4.52. The maximum atomic E-state index is 14.1. The molecule has 1 aromatic heterocycles. The molecular formula is C23H25FN4O2. The molecule has 1 aliphatic heterocycles. The maximum absolute atomic E-state index is 14.1. The van der Waals surface area contributed by atoms with Crippen LogP contribution in [0.25, 0.3) is 5.69 Å². The molecule has 1 atom stereocenters. The molecule has 1 fully saturated rings. The van der Waals surface area contributed by atoms with Crippen LogP contribution < -0.4 is 10.1 Å². The van der Waals surface area contributed by atoms with E-state index >= 15 is 0 Å². The van der Waals surface area contributed by atoms with Gasteiger partial charge in [0, 0.05) is 24.6 Å². The summed E-state index contributed by atoms with van der Waals surface area (Å²) in [6.45, 7) is 1.33. The number of anilines is 1. The Morgan fingerprint density at radius 1 is 1.23 bits per heavy atom. The lowest BCUT2D eigenvalue weighted by atomic mass is 10.00. The standard InChI is InChI=1S/C23H25FN4O2/c1-30-22-11-6-17(15-20(22)24)16-27-13-3-2-5-21(27)23(29)26-18-7-9-19(10-8-18)28-14-4-12-25-28/h4,6-12,14-15,21H,2-3,5,13,16H2,1H3,(H,26,29)/t21-/m0/s1. The molecule has 0 unspecified atom stereocenters. The summed E-state index contributed by atoms with van der Waals surface area (Å²) in [5.41, 5.74) is 2.51. The summed E-state index contributed by atoms with van der Waals surface area (Å²) >= 11 is 0. The lowest BCUT2D eigenvalue weighted by Crippen LogP contribution is -2.46. The Hall–Kier alpha value is -3.19. The highest BCUT2D eigenvalue weighted by Gasteiger charge is 2.29. The number of nitrogens with one attached hydrogen (secondary N) is 1. The van der Waals surface area contributed by atoms with Gasteiger partial charge in [0.1, 0.15) is 0 Å². The predicted molar refractivity (Wildman–Crippen MR) is 113 cm³/mol. The summed E-state index contributed by atoms with van der Waals surface area (Å²) in [7, 11) is 1.45. The highest BCUT2D eigenvalue weighted by Crippen LogP contribution is 2.24. The minimum Gasteiger partial charge on any atom is -0.494 e. The monoisotopic (exact) mass is 408 g/mol. The number of aromatic nitrogens is 2. The van der Waals surface area contributed by atoms with Crippen molar-refractivity contribution in [3.05, 3.63) is 72.3 Å². The molecule has 6 nitrogen and oxygen atoms in total. The van der Waals surface area contributed by atoms with Crippen LogP contribution in [-0.4, -0.2) is 40.3 Å². The summed E-state index contributed by atoms with van der Waals surface area (Å²) < 4.78 is 20.8. The number of carbonyl (C=O) groups is 1. The number of hydrogen-bond acceptors (Lipinski definition) is 4. The van der Waals surface area contributed by atoms with Crippen LogP contribution in [0.2, 0.25) is 0 Å². The van der Waals surface area contributed by atoms with Crippen LogP contribution in [0.1, 0.15) is 24.8 Å². The van der Waals surface area contributed by atoms with Gasteiger partial charge >= 0.3 is 0 Å². The fourth-order valence-electron chi connectivity index (χ4n) is 3.86. The summed E-state index contributed by atoms with van der Waals surface area (Å²) in [5, 5.41) is 7.23. The van der Waals surface area contributed by atoms with E-state index in [2.05, 4.69) is 15.3 Å². The van der Waals surface area contributed by atoms with Crippen molar-refractivity contribution in [3.63, 3.8) is 0 Å². The predicted octanol–water partition coefficient (Wildman–Crippen LogP) is 4.01. The molecule has 1 amide bonds. The van der Waals surface area contributed by atoms with E-state index in [1.54, 1.807) is 16.9 Å². The van der Waals surface area contributed by atoms with Gasteiger partial charge in [0.25, 0.3) is 0 Å². The second kappa shape index (κ2) is 9.09. The molecule has 0 aliphatic carbocycles. The topological polar surface area (TPSA) is 59.4 Å². The van der Waals surface area contributed by atoms with Crippen molar-refractivity contribution < 1.29 is 13.9 Å². The lowest BCUT2D eigenvalue weighted by Gasteiger charge is -2.34. The van der Waals surface area contributed by atoms with E-state index in [-0.39, 0.29) is 23.5 Å². The minimum atomic E-state index is -0.384. The lowest BCUT2D eigenvalue weighted by molar-refractivity contribution is -0.122. The largest absolute Gasteiger partial charge is 0.494 e. The van der Waals surface area contributed by atoms with Crippen molar-refractivity contribution >= 4 is 11.6 Å². The Morgan fingerprint density at radius 3 is 2.77 bits per heavy atom. The zero-order valence-electron chi connectivity index (χ0n) is 16.9. The van der Waals surface area contributed by atoms with E-state index in [0.717, 1.165) is 42.7 Å². The zero-order valence-corrected chi connectivity index (χ0v) is 16.9. The zero-order chi connectivity index (χ0) is 20.9. The van der Waals surface area contributed by atoms with Crippen LogP contribution in [0.5, 0.6) is 5.75 Å². The Labute approximate surface area is 175 Å². The molecule has 3 aromatic rings. The van der Waals surface area contributed by atoms with E-state index in [4.69, 9.17) is 4.74 Å². The van der Waals surface area contributed by atoms with E-state index in [1.807, 2.05) is 42.6 Å². The third-order valence-corrected chi connectivity index (χ3v) is 5.42. The Balaban J connectivity index is 1.43. The summed E-state index contributed by atoms with van der Waals surface area (Å²) in [6, 6.07) is 14.2. The van der Waals surface area contributed by atoms with Gasteiger partial charge in [0.15, 0.2) is 11.6 Å². The van der Waals surface area contributed by atoms with Crippen molar-refractivity contribution in [2.24, 2.45) is 0 Å². The number of hydrogen-bond donors (Lipinski definition) is 1. The number of amides is 1. The molecule has 1 N–H and O–H groups in total. The molecule has 2 heterocycles. The van der Waals surface area contributed by atoms with Crippen molar-refractivity contribution in [2.45, 2.75) is 31.8 Å². The van der Waals surface area contributed by atoms with Crippen LogP contribution in [0, 0.1) is 5.82 Å². The number of ether oxygens (including phenoxy) is 1. The second-order valence-electron chi connectivity index (χ2n) is 7.44. The van der Waals surface area contributed by atoms with Crippen molar-refractivity contribution in [1.29, 1.82) is 0 Å². The van der Waals surface area contributed by atoms with Gasteiger partial charge in [-0.05, 0) is 67.4 Å². The minimum absolute atomic E-state index is 0.0319. The molecule has 0 saturated carbocycles. The van der Waals surface area contributed by atoms with Gasteiger partial charge in [-0.1, -0.05) is 12.5 Å². The Morgan fingerprint density at radius 2 is 2.07 bits per heavy atom. The number of piperidine rings is 1. The van der Waals surface area contributed by atoms with Crippen molar-refractivity contribution in [3.8, 4) is 11.4 Å². The number of benzene rings is 2. The van der Waals surface area contributed by atoms with Crippen LogP contribution in [0.4, 0.5) is 10.1 Å². The second-order valence-corrected chi connectivity index (χ2v) is 7.44. The molecule has 1 saturated heterocycles. The average molecular weight is 408 g/mol. The molecule has 0 radical (unpaired) electrons.